The van der Waals surface area contributed by atoms with E-state index < -0.39 is 0 Å². The third-order valence-corrected chi connectivity index (χ3v) is 3.18. The maximum Gasteiger partial charge on any atom is 0.276 e. The standard InChI is InChI=1S/C13H20N4O3/c1-3-14-12-8-11(17(18)19)9-13(15-12)16(6-7-20-2)10-4-5-10/h8-10H,3-7H2,1-2H3,(H,14,15). The van der Waals surface area contributed by atoms with Crippen LogP contribution in [0.4, 0.5) is 17.3 Å². The van der Waals surface area contributed by atoms with Crippen molar-refractivity contribution in [1.29, 1.82) is 0 Å². The Morgan fingerprint density at radius 1 is 1.55 bits per heavy atom. The zero-order valence-corrected chi connectivity index (χ0v) is 11.8. The van der Waals surface area contributed by atoms with Gasteiger partial charge in [-0.2, -0.15) is 0 Å². The number of ether oxygens (including phenoxy) is 1. The monoisotopic (exact) mass is 280 g/mol. The molecule has 2 rings (SSSR count). The van der Waals surface area contributed by atoms with E-state index in [1.807, 2.05) is 6.92 Å². The minimum Gasteiger partial charge on any atom is -0.383 e. The predicted molar refractivity (Wildman–Crippen MR) is 77.3 cm³/mol. The van der Waals surface area contributed by atoms with Crippen LogP contribution in [0.25, 0.3) is 0 Å². The van der Waals surface area contributed by atoms with Crippen molar-refractivity contribution < 1.29 is 9.66 Å². The number of rotatable bonds is 8. The number of nitrogens with one attached hydrogen (secondary N) is 1. The lowest BCUT2D eigenvalue weighted by atomic mass is 10.3. The Labute approximate surface area is 118 Å². The molecule has 0 atom stereocenters. The SMILES string of the molecule is CCNc1cc([N+](=O)[O-])cc(N(CCOC)C2CC2)n1. The van der Waals surface area contributed by atoms with E-state index in [9.17, 15) is 10.1 Å². The van der Waals surface area contributed by atoms with E-state index in [0.29, 0.717) is 37.4 Å². The molecule has 1 saturated carbocycles. The van der Waals surface area contributed by atoms with Crippen LogP contribution in [0.15, 0.2) is 12.1 Å². The zero-order chi connectivity index (χ0) is 14.5. The van der Waals surface area contributed by atoms with Crippen molar-refractivity contribution in [2.75, 3.05) is 37.0 Å². The van der Waals surface area contributed by atoms with Crippen molar-refractivity contribution >= 4 is 17.3 Å². The van der Waals surface area contributed by atoms with Gasteiger partial charge in [-0.3, -0.25) is 10.1 Å². The second kappa shape index (κ2) is 6.51. The van der Waals surface area contributed by atoms with E-state index in [-0.39, 0.29) is 10.6 Å². The molecule has 1 aromatic heterocycles. The molecule has 1 heterocycles. The number of pyridine rings is 1. The highest BCUT2D eigenvalue weighted by Crippen LogP contribution is 2.33. The van der Waals surface area contributed by atoms with Gasteiger partial charge < -0.3 is 15.0 Å². The van der Waals surface area contributed by atoms with E-state index in [2.05, 4.69) is 15.2 Å². The average molecular weight is 280 g/mol. The summed E-state index contributed by atoms with van der Waals surface area (Å²) < 4.78 is 5.11. The Hall–Kier alpha value is -1.89. The fraction of sp³-hybridized carbons (Fsp3) is 0.615. The molecular weight excluding hydrogens is 260 g/mol. The number of nitrogens with zero attached hydrogens (tertiary/aromatic N) is 3. The summed E-state index contributed by atoms with van der Waals surface area (Å²) >= 11 is 0. The van der Waals surface area contributed by atoms with Gasteiger partial charge in [-0.15, -0.1) is 0 Å². The van der Waals surface area contributed by atoms with Gasteiger partial charge >= 0.3 is 0 Å². The molecule has 1 N–H and O–H groups in total. The van der Waals surface area contributed by atoms with Gasteiger partial charge in [0.15, 0.2) is 0 Å². The minimum atomic E-state index is -0.382. The Kier molecular flexibility index (Phi) is 4.73. The summed E-state index contributed by atoms with van der Waals surface area (Å²) in [5, 5.41) is 14.1. The van der Waals surface area contributed by atoms with Gasteiger partial charge in [0.05, 0.1) is 23.7 Å². The molecule has 110 valence electrons. The highest BCUT2D eigenvalue weighted by Gasteiger charge is 2.30. The van der Waals surface area contributed by atoms with E-state index in [1.54, 1.807) is 7.11 Å². The molecule has 7 heteroatoms. The molecular formula is C13H20N4O3. The first-order valence-corrected chi connectivity index (χ1v) is 6.81. The molecule has 0 spiro atoms. The molecule has 0 aromatic carbocycles. The molecule has 0 saturated heterocycles. The van der Waals surface area contributed by atoms with Crippen LogP contribution < -0.4 is 10.2 Å². The van der Waals surface area contributed by atoms with E-state index in [4.69, 9.17) is 4.74 Å². The summed E-state index contributed by atoms with van der Waals surface area (Å²) in [4.78, 5) is 17.2. The van der Waals surface area contributed by atoms with Crippen LogP contribution in [-0.2, 0) is 4.74 Å². The average Bonchev–Trinajstić information content (AvgIpc) is 3.24. The number of hydrogen-bond donors (Lipinski definition) is 1. The van der Waals surface area contributed by atoms with Crippen molar-refractivity contribution in [3.05, 3.63) is 22.2 Å². The van der Waals surface area contributed by atoms with Crippen molar-refractivity contribution in [1.82, 2.24) is 4.98 Å². The molecule has 1 aliphatic rings. The Morgan fingerprint density at radius 3 is 2.85 bits per heavy atom. The maximum atomic E-state index is 11.0. The summed E-state index contributed by atoms with van der Waals surface area (Å²) in [7, 11) is 1.65. The van der Waals surface area contributed by atoms with Gasteiger partial charge in [0.1, 0.15) is 11.6 Å². The molecule has 7 nitrogen and oxygen atoms in total. The third-order valence-electron chi connectivity index (χ3n) is 3.18. The number of nitro groups is 1. The van der Waals surface area contributed by atoms with Gasteiger partial charge in [-0.25, -0.2) is 4.98 Å². The lowest BCUT2D eigenvalue weighted by Crippen LogP contribution is -2.30. The molecule has 0 unspecified atom stereocenters. The van der Waals surface area contributed by atoms with Crippen LogP contribution in [0, 0.1) is 10.1 Å². The summed E-state index contributed by atoms with van der Waals surface area (Å²) in [6, 6.07) is 3.43. The number of aromatic nitrogens is 1. The molecule has 20 heavy (non-hydrogen) atoms. The maximum absolute atomic E-state index is 11.0. The van der Waals surface area contributed by atoms with Crippen LogP contribution in [0.5, 0.6) is 0 Å². The third kappa shape index (κ3) is 3.57. The number of hydrogen-bond acceptors (Lipinski definition) is 6. The molecule has 0 radical (unpaired) electrons. The fourth-order valence-electron chi connectivity index (χ4n) is 2.09. The van der Waals surface area contributed by atoms with Crippen LogP contribution in [0.3, 0.4) is 0 Å². The van der Waals surface area contributed by atoms with Gasteiger partial charge in [-0.1, -0.05) is 0 Å². The van der Waals surface area contributed by atoms with Crippen LogP contribution in [0.1, 0.15) is 19.8 Å². The zero-order valence-electron chi connectivity index (χ0n) is 11.8. The van der Waals surface area contributed by atoms with Crippen molar-refractivity contribution in [2.24, 2.45) is 0 Å². The topological polar surface area (TPSA) is 80.5 Å². The van der Waals surface area contributed by atoms with Gasteiger partial charge in [0.25, 0.3) is 5.69 Å². The van der Waals surface area contributed by atoms with E-state index in [0.717, 1.165) is 12.8 Å². The van der Waals surface area contributed by atoms with Crippen LogP contribution in [-0.4, -0.2) is 42.8 Å². The van der Waals surface area contributed by atoms with Crippen LogP contribution >= 0.6 is 0 Å². The quantitative estimate of drug-likeness (QED) is 0.579. The minimum absolute atomic E-state index is 0.0639. The smallest absolute Gasteiger partial charge is 0.276 e. The Bertz CT molecular complexity index is 477. The highest BCUT2D eigenvalue weighted by atomic mass is 16.6. The number of anilines is 2. The van der Waals surface area contributed by atoms with E-state index in [1.165, 1.54) is 12.1 Å². The van der Waals surface area contributed by atoms with Crippen molar-refractivity contribution in [2.45, 2.75) is 25.8 Å². The highest BCUT2D eigenvalue weighted by molar-refractivity contribution is 5.56. The van der Waals surface area contributed by atoms with Crippen molar-refractivity contribution in [3.8, 4) is 0 Å². The molecule has 1 fully saturated rings. The summed E-state index contributed by atoms with van der Waals surface area (Å²) in [5.41, 5.74) is 0.0639. The summed E-state index contributed by atoms with van der Waals surface area (Å²) in [5.74, 6) is 1.19. The lowest BCUT2D eigenvalue weighted by Gasteiger charge is -2.23. The van der Waals surface area contributed by atoms with Gasteiger partial charge in [0.2, 0.25) is 0 Å². The second-order valence-corrected chi connectivity index (χ2v) is 4.77. The summed E-state index contributed by atoms with van der Waals surface area (Å²) in [6.45, 7) is 3.89. The van der Waals surface area contributed by atoms with Crippen LogP contribution in [0.2, 0.25) is 0 Å². The predicted octanol–water partition coefficient (Wildman–Crippen LogP) is 2.04. The largest absolute Gasteiger partial charge is 0.383 e. The fourth-order valence-corrected chi connectivity index (χ4v) is 2.09. The first-order chi connectivity index (χ1) is 9.65. The number of methoxy groups -OCH3 is 1. The Morgan fingerprint density at radius 2 is 2.30 bits per heavy atom. The lowest BCUT2D eigenvalue weighted by molar-refractivity contribution is -0.384. The first-order valence-electron chi connectivity index (χ1n) is 6.81. The normalized spacial score (nSPS) is 14.1. The second-order valence-electron chi connectivity index (χ2n) is 4.77. The van der Waals surface area contributed by atoms with Crippen molar-refractivity contribution in [3.63, 3.8) is 0 Å². The first kappa shape index (κ1) is 14.5. The molecule has 1 aromatic rings. The molecule has 0 bridgehead atoms. The summed E-state index contributed by atoms with van der Waals surface area (Å²) in [6.07, 6.45) is 2.20. The van der Waals surface area contributed by atoms with Gasteiger partial charge in [0, 0.05) is 26.2 Å². The molecule has 0 amide bonds. The van der Waals surface area contributed by atoms with E-state index >= 15 is 0 Å². The van der Waals surface area contributed by atoms with Gasteiger partial charge in [-0.05, 0) is 19.8 Å². The molecule has 0 aliphatic heterocycles. The molecule has 1 aliphatic carbocycles. The Balaban J connectivity index is 2.28.